The number of hydrogen-bond donors (Lipinski definition) is 3. The Labute approximate surface area is 82.0 Å². The molecule has 4 N–H and O–H groups in total. The molecule has 0 fully saturated rings. The number of nitrogens with one attached hydrogen (secondary N) is 1. The van der Waals surface area contributed by atoms with Crippen molar-refractivity contribution in [1.29, 1.82) is 0 Å². The molecule has 1 aromatic heterocycles. The molecule has 0 unspecified atom stereocenters. The van der Waals surface area contributed by atoms with Gasteiger partial charge in [-0.2, -0.15) is 0 Å². The minimum absolute atomic E-state index is 0.458. The SMILES string of the molecule is Nc1ccc(CCCNC(=O)O)cn1. The summed E-state index contributed by atoms with van der Waals surface area (Å²) in [6.45, 7) is 0.458. The average molecular weight is 195 g/mol. The standard InChI is InChI=1S/C9H13N3O2/c10-8-4-3-7(6-12-8)2-1-5-11-9(13)14/h3-4,6,11H,1-2,5H2,(H2,10,12)(H,13,14). The van der Waals surface area contributed by atoms with Gasteiger partial charge < -0.3 is 16.2 Å². The number of nitrogens with two attached hydrogens (primary N) is 1. The van der Waals surface area contributed by atoms with Crippen LogP contribution in [0.25, 0.3) is 0 Å². The Morgan fingerprint density at radius 3 is 2.93 bits per heavy atom. The highest BCUT2D eigenvalue weighted by Crippen LogP contribution is 2.03. The third kappa shape index (κ3) is 3.75. The predicted molar refractivity (Wildman–Crippen MR) is 53.0 cm³/mol. The monoisotopic (exact) mass is 195 g/mol. The number of rotatable bonds is 4. The first kappa shape index (κ1) is 10.3. The van der Waals surface area contributed by atoms with E-state index in [9.17, 15) is 4.79 Å². The first-order valence-corrected chi connectivity index (χ1v) is 4.35. The molecule has 0 aliphatic rings. The lowest BCUT2D eigenvalue weighted by Gasteiger charge is -2.01. The fraction of sp³-hybridized carbons (Fsp3) is 0.333. The van der Waals surface area contributed by atoms with Crippen molar-refractivity contribution < 1.29 is 9.90 Å². The molecule has 0 bridgehead atoms. The zero-order valence-electron chi connectivity index (χ0n) is 7.73. The fourth-order valence-corrected chi connectivity index (χ4v) is 1.07. The maximum Gasteiger partial charge on any atom is 0.404 e. The summed E-state index contributed by atoms with van der Waals surface area (Å²) in [6, 6.07) is 3.63. The third-order valence-corrected chi connectivity index (χ3v) is 1.77. The molecular weight excluding hydrogens is 182 g/mol. The predicted octanol–water partition coefficient (Wildman–Crippen LogP) is 0.864. The van der Waals surface area contributed by atoms with E-state index in [4.69, 9.17) is 10.8 Å². The van der Waals surface area contributed by atoms with Gasteiger partial charge in [0.15, 0.2) is 0 Å². The first-order chi connectivity index (χ1) is 6.68. The van der Waals surface area contributed by atoms with E-state index >= 15 is 0 Å². The van der Waals surface area contributed by atoms with Crippen LogP contribution in [-0.4, -0.2) is 22.7 Å². The van der Waals surface area contributed by atoms with Gasteiger partial charge in [-0.15, -0.1) is 0 Å². The summed E-state index contributed by atoms with van der Waals surface area (Å²) in [5.41, 5.74) is 6.48. The van der Waals surface area contributed by atoms with E-state index in [1.165, 1.54) is 0 Å². The van der Waals surface area contributed by atoms with Gasteiger partial charge in [0.05, 0.1) is 0 Å². The van der Waals surface area contributed by atoms with E-state index in [0.717, 1.165) is 18.4 Å². The second kappa shape index (κ2) is 5.06. The summed E-state index contributed by atoms with van der Waals surface area (Å²) in [5, 5.41) is 10.6. The zero-order valence-corrected chi connectivity index (χ0v) is 7.73. The molecule has 0 aliphatic heterocycles. The van der Waals surface area contributed by atoms with Crippen LogP contribution in [-0.2, 0) is 6.42 Å². The van der Waals surface area contributed by atoms with Crippen molar-refractivity contribution >= 4 is 11.9 Å². The normalized spacial score (nSPS) is 9.71. The lowest BCUT2D eigenvalue weighted by Crippen LogP contribution is -2.22. The Kier molecular flexibility index (Phi) is 3.72. The number of aryl methyl sites for hydroxylation is 1. The lowest BCUT2D eigenvalue weighted by molar-refractivity contribution is 0.194. The van der Waals surface area contributed by atoms with Crippen molar-refractivity contribution in [2.45, 2.75) is 12.8 Å². The Morgan fingerprint density at radius 1 is 1.57 bits per heavy atom. The van der Waals surface area contributed by atoms with E-state index < -0.39 is 6.09 Å². The summed E-state index contributed by atoms with van der Waals surface area (Å²) in [7, 11) is 0. The van der Waals surface area contributed by atoms with Crippen molar-refractivity contribution in [3.05, 3.63) is 23.9 Å². The van der Waals surface area contributed by atoms with Gasteiger partial charge in [0.2, 0.25) is 0 Å². The summed E-state index contributed by atoms with van der Waals surface area (Å²) in [5.74, 6) is 0.498. The average Bonchev–Trinajstić information content (AvgIpc) is 2.15. The molecule has 5 nitrogen and oxygen atoms in total. The van der Waals surface area contributed by atoms with Gasteiger partial charge in [0.25, 0.3) is 0 Å². The minimum Gasteiger partial charge on any atom is -0.465 e. The molecule has 0 saturated heterocycles. The molecule has 1 amide bonds. The van der Waals surface area contributed by atoms with Crippen LogP contribution in [0.2, 0.25) is 0 Å². The molecule has 0 atom stereocenters. The Balaban J connectivity index is 2.25. The zero-order chi connectivity index (χ0) is 10.4. The molecule has 1 heterocycles. The van der Waals surface area contributed by atoms with E-state index in [2.05, 4.69) is 10.3 Å². The number of pyridine rings is 1. The largest absolute Gasteiger partial charge is 0.465 e. The third-order valence-electron chi connectivity index (χ3n) is 1.77. The smallest absolute Gasteiger partial charge is 0.404 e. The van der Waals surface area contributed by atoms with Crippen LogP contribution in [0.5, 0.6) is 0 Å². The number of carbonyl (C=O) groups is 1. The van der Waals surface area contributed by atoms with Gasteiger partial charge in [-0.05, 0) is 24.5 Å². The van der Waals surface area contributed by atoms with Gasteiger partial charge in [0, 0.05) is 12.7 Å². The Morgan fingerprint density at radius 2 is 2.36 bits per heavy atom. The topological polar surface area (TPSA) is 88.2 Å². The van der Waals surface area contributed by atoms with E-state index in [1.54, 1.807) is 12.3 Å². The van der Waals surface area contributed by atoms with Crippen molar-refractivity contribution in [3.8, 4) is 0 Å². The number of hydrogen-bond acceptors (Lipinski definition) is 3. The number of nitrogens with zero attached hydrogens (tertiary/aromatic N) is 1. The van der Waals surface area contributed by atoms with E-state index in [1.807, 2.05) is 6.07 Å². The van der Waals surface area contributed by atoms with Gasteiger partial charge in [-0.3, -0.25) is 0 Å². The molecule has 76 valence electrons. The number of amides is 1. The molecular formula is C9H13N3O2. The highest BCUT2D eigenvalue weighted by Gasteiger charge is 1.96. The molecule has 0 spiro atoms. The van der Waals surface area contributed by atoms with Crippen LogP contribution >= 0.6 is 0 Å². The van der Waals surface area contributed by atoms with Crippen LogP contribution in [0.4, 0.5) is 10.6 Å². The maximum absolute atomic E-state index is 10.1. The minimum atomic E-state index is -0.986. The number of nitrogen functional groups attached to an aromatic ring is 1. The van der Waals surface area contributed by atoms with Crippen LogP contribution in [0.1, 0.15) is 12.0 Å². The maximum atomic E-state index is 10.1. The van der Waals surface area contributed by atoms with E-state index in [0.29, 0.717) is 12.4 Å². The van der Waals surface area contributed by atoms with Gasteiger partial charge in [-0.25, -0.2) is 9.78 Å². The summed E-state index contributed by atoms with van der Waals surface area (Å²) in [6.07, 6.45) is 2.28. The summed E-state index contributed by atoms with van der Waals surface area (Å²) < 4.78 is 0. The number of anilines is 1. The highest BCUT2D eigenvalue weighted by atomic mass is 16.4. The quantitative estimate of drug-likeness (QED) is 0.622. The number of aromatic nitrogens is 1. The number of carboxylic acid groups (broad SMARTS) is 1. The molecule has 1 aromatic rings. The first-order valence-electron chi connectivity index (χ1n) is 4.35. The van der Waals surface area contributed by atoms with Gasteiger partial charge >= 0.3 is 6.09 Å². The molecule has 0 aliphatic carbocycles. The lowest BCUT2D eigenvalue weighted by atomic mass is 10.1. The second-order valence-electron chi connectivity index (χ2n) is 2.93. The van der Waals surface area contributed by atoms with Crippen LogP contribution in [0, 0.1) is 0 Å². The Bertz CT molecular complexity index is 297. The summed E-state index contributed by atoms with van der Waals surface area (Å²) in [4.78, 5) is 14.0. The van der Waals surface area contributed by atoms with E-state index in [-0.39, 0.29) is 0 Å². The van der Waals surface area contributed by atoms with Gasteiger partial charge in [0.1, 0.15) is 5.82 Å². The fourth-order valence-electron chi connectivity index (χ4n) is 1.07. The molecule has 0 radical (unpaired) electrons. The van der Waals surface area contributed by atoms with Crippen LogP contribution in [0.15, 0.2) is 18.3 Å². The van der Waals surface area contributed by atoms with Crippen LogP contribution < -0.4 is 11.1 Å². The van der Waals surface area contributed by atoms with Crippen LogP contribution in [0.3, 0.4) is 0 Å². The molecule has 5 heteroatoms. The van der Waals surface area contributed by atoms with Crippen molar-refractivity contribution in [2.24, 2.45) is 0 Å². The Hall–Kier alpha value is -1.78. The van der Waals surface area contributed by atoms with Crippen molar-refractivity contribution in [3.63, 3.8) is 0 Å². The molecule has 1 rings (SSSR count). The highest BCUT2D eigenvalue weighted by molar-refractivity contribution is 5.64. The van der Waals surface area contributed by atoms with Gasteiger partial charge in [-0.1, -0.05) is 6.07 Å². The van der Waals surface area contributed by atoms with Crippen molar-refractivity contribution in [2.75, 3.05) is 12.3 Å². The second-order valence-corrected chi connectivity index (χ2v) is 2.93. The molecule has 0 saturated carbocycles. The molecule has 14 heavy (non-hydrogen) atoms. The molecule has 0 aromatic carbocycles. The summed E-state index contributed by atoms with van der Waals surface area (Å²) >= 11 is 0. The van der Waals surface area contributed by atoms with Crippen molar-refractivity contribution in [1.82, 2.24) is 10.3 Å².